The Hall–Kier alpha value is -4.48. The summed E-state index contributed by atoms with van der Waals surface area (Å²) in [6.07, 6.45) is 1.24. The molecule has 0 fully saturated rings. The number of nitrogens with zero attached hydrogens (tertiary/aromatic N) is 5. The highest BCUT2D eigenvalue weighted by molar-refractivity contribution is 5.91. The summed E-state index contributed by atoms with van der Waals surface area (Å²) in [5, 5.41) is 10.5. The Morgan fingerprint density at radius 1 is 1.09 bits per heavy atom. The van der Waals surface area contributed by atoms with Gasteiger partial charge in [0.25, 0.3) is 5.56 Å². The summed E-state index contributed by atoms with van der Waals surface area (Å²) in [6.45, 7) is -0.123. The molecule has 176 valence electrons. The number of rotatable bonds is 8. The van der Waals surface area contributed by atoms with Crippen LogP contribution in [-0.4, -0.2) is 51.8 Å². The summed E-state index contributed by atoms with van der Waals surface area (Å²) in [5.74, 6) is 0.259. The van der Waals surface area contributed by atoms with Crippen LogP contribution in [0.4, 0.5) is 10.1 Å². The molecule has 0 aliphatic heterocycles. The minimum absolute atomic E-state index is 0.000473. The molecule has 2 aromatic carbocycles. The highest BCUT2D eigenvalue weighted by atomic mass is 19.1. The van der Waals surface area contributed by atoms with Crippen LogP contribution in [0.3, 0.4) is 0 Å². The van der Waals surface area contributed by atoms with E-state index < -0.39 is 11.5 Å². The van der Waals surface area contributed by atoms with Crippen LogP contribution in [0.25, 0.3) is 11.2 Å². The number of halogens is 1. The van der Waals surface area contributed by atoms with Crippen LogP contribution in [0.1, 0.15) is 5.56 Å². The topological polar surface area (TPSA) is 122 Å². The third kappa shape index (κ3) is 4.51. The summed E-state index contributed by atoms with van der Waals surface area (Å²) in [5.41, 5.74) is 0.732. The molecule has 0 aliphatic rings. The van der Waals surface area contributed by atoms with Gasteiger partial charge in [-0.15, -0.1) is 5.10 Å². The molecular weight excluding hydrogens is 447 g/mol. The second-order valence-corrected chi connectivity index (χ2v) is 7.19. The van der Waals surface area contributed by atoms with Gasteiger partial charge >= 0.3 is 0 Å². The first-order valence-electron chi connectivity index (χ1n) is 10.1. The average molecular weight is 468 g/mol. The molecule has 4 rings (SSSR count). The number of carbonyl (C=O) groups is 1. The summed E-state index contributed by atoms with van der Waals surface area (Å²) < 4.78 is 31.8. The molecule has 0 saturated heterocycles. The van der Waals surface area contributed by atoms with E-state index in [0.29, 0.717) is 28.5 Å². The van der Waals surface area contributed by atoms with E-state index >= 15 is 0 Å². The number of hydrogen-bond acceptors (Lipinski definition) is 8. The van der Waals surface area contributed by atoms with Gasteiger partial charge in [0, 0.05) is 17.8 Å². The Labute approximate surface area is 192 Å². The number of carbonyl (C=O) groups excluding carboxylic acids is 1. The van der Waals surface area contributed by atoms with Crippen molar-refractivity contribution in [2.45, 2.75) is 13.1 Å². The fourth-order valence-electron chi connectivity index (χ4n) is 3.42. The van der Waals surface area contributed by atoms with Gasteiger partial charge < -0.3 is 19.5 Å². The Bertz CT molecular complexity index is 1390. The van der Waals surface area contributed by atoms with E-state index in [9.17, 15) is 14.0 Å². The molecule has 0 unspecified atom stereocenters. The predicted octanol–water partition coefficient (Wildman–Crippen LogP) is 1.84. The van der Waals surface area contributed by atoms with Crippen molar-refractivity contribution in [2.24, 2.45) is 0 Å². The van der Waals surface area contributed by atoms with Gasteiger partial charge in [-0.05, 0) is 17.7 Å². The van der Waals surface area contributed by atoms with Gasteiger partial charge in [0.05, 0.1) is 27.9 Å². The molecule has 0 atom stereocenters. The van der Waals surface area contributed by atoms with E-state index in [-0.39, 0.29) is 30.1 Å². The molecule has 0 bridgehead atoms. The summed E-state index contributed by atoms with van der Waals surface area (Å²) in [7, 11) is 4.40. The minimum atomic E-state index is -0.532. The lowest BCUT2D eigenvalue weighted by Gasteiger charge is -2.14. The van der Waals surface area contributed by atoms with Crippen molar-refractivity contribution in [1.82, 2.24) is 24.5 Å². The Kier molecular flexibility index (Phi) is 6.39. The zero-order valence-corrected chi connectivity index (χ0v) is 18.6. The molecule has 34 heavy (non-hydrogen) atoms. The maximum Gasteiger partial charge on any atom is 0.283 e. The van der Waals surface area contributed by atoms with Crippen LogP contribution < -0.4 is 25.1 Å². The molecule has 0 spiro atoms. The van der Waals surface area contributed by atoms with Crippen molar-refractivity contribution in [3.63, 3.8) is 0 Å². The van der Waals surface area contributed by atoms with Gasteiger partial charge in [-0.25, -0.2) is 14.1 Å². The fraction of sp³-hybridized carbons (Fsp3) is 0.227. The van der Waals surface area contributed by atoms with Crippen molar-refractivity contribution in [1.29, 1.82) is 0 Å². The second-order valence-electron chi connectivity index (χ2n) is 7.19. The molecule has 0 saturated carbocycles. The molecule has 11 nitrogen and oxygen atoms in total. The van der Waals surface area contributed by atoms with Gasteiger partial charge in [-0.1, -0.05) is 17.3 Å². The number of methoxy groups -OCH3 is 3. The predicted molar refractivity (Wildman–Crippen MR) is 120 cm³/mol. The SMILES string of the molecule is COc1cc(NC(=O)Cn2cnc3c(nnn3Cc3cccc(F)c3)c2=O)cc(OC)c1OC. The minimum Gasteiger partial charge on any atom is -0.493 e. The van der Waals surface area contributed by atoms with Crippen molar-refractivity contribution < 1.29 is 23.4 Å². The normalized spacial score (nSPS) is 10.8. The van der Waals surface area contributed by atoms with Gasteiger partial charge in [0.2, 0.25) is 11.7 Å². The maximum absolute atomic E-state index is 13.5. The van der Waals surface area contributed by atoms with Crippen molar-refractivity contribution in [3.05, 3.63) is 64.5 Å². The van der Waals surface area contributed by atoms with E-state index in [1.165, 1.54) is 44.5 Å². The summed E-state index contributed by atoms with van der Waals surface area (Å²) >= 11 is 0. The first-order valence-corrected chi connectivity index (χ1v) is 10.1. The summed E-state index contributed by atoms with van der Waals surface area (Å²) in [6, 6.07) is 9.15. The van der Waals surface area contributed by atoms with Crippen LogP contribution in [0.2, 0.25) is 0 Å². The largest absolute Gasteiger partial charge is 0.493 e. The Balaban J connectivity index is 1.54. The molecular formula is C22H21FN6O5. The van der Waals surface area contributed by atoms with Crippen molar-refractivity contribution >= 4 is 22.8 Å². The number of benzene rings is 2. The lowest BCUT2D eigenvalue weighted by Crippen LogP contribution is -2.28. The lowest BCUT2D eigenvalue weighted by atomic mass is 10.2. The molecule has 12 heteroatoms. The van der Waals surface area contributed by atoms with Gasteiger partial charge in [0.1, 0.15) is 18.7 Å². The van der Waals surface area contributed by atoms with E-state index in [2.05, 4.69) is 20.6 Å². The Morgan fingerprint density at radius 2 is 1.82 bits per heavy atom. The van der Waals surface area contributed by atoms with Crippen molar-refractivity contribution in [3.8, 4) is 17.2 Å². The van der Waals surface area contributed by atoms with E-state index in [1.54, 1.807) is 24.3 Å². The molecule has 4 aromatic rings. The molecule has 2 aromatic heterocycles. The number of fused-ring (bicyclic) bond motifs is 1. The van der Waals surface area contributed by atoms with Crippen LogP contribution >= 0.6 is 0 Å². The zero-order valence-electron chi connectivity index (χ0n) is 18.6. The second kappa shape index (κ2) is 9.57. The molecule has 0 radical (unpaired) electrons. The van der Waals surface area contributed by atoms with E-state index in [0.717, 1.165) is 4.57 Å². The lowest BCUT2D eigenvalue weighted by molar-refractivity contribution is -0.116. The summed E-state index contributed by atoms with van der Waals surface area (Å²) in [4.78, 5) is 29.7. The van der Waals surface area contributed by atoms with Gasteiger partial charge in [0.15, 0.2) is 22.7 Å². The molecule has 1 amide bonds. The van der Waals surface area contributed by atoms with Gasteiger partial charge in [-0.2, -0.15) is 0 Å². The maximum atomic E-state index is 13.5. The highest BCUT2D eigenvalue weighted by Gasteiger charge is 2.17. The van der Waals surface area contributed by atoms with E-state index in [4.69, 9.17) is 14.2 Å². The molecule has 1 N–H and O–H groups in total. The van der Waals surface area contributed by atoms with E-state index in [1.807, 2.05) is 0 Å². The number of anilines is 1. The number of aromatic nitrogens is 5. The number of hydrogen-bond donors (Lipinski definition) is 1. The molecule has 0 aliphatic carbocycles. The zero-order chi connectivity index (χ0) is 24.2. The van der Waals surface area contributed by atoms with Crippen LogP contribution in [-0.2, 0) is 17.9 Å². The monoisotopic (exact) mass is 468 g/mol. The van der Waals surface area contributed by atoms with Crippen molar-refractivity contribution in [2.75, 3.05) is 26.6 Å². The first-order chi connectivity index (χ1) is 16.4. The highest BCUT2D eigenvalue weighted by Crippen LogP contribution is 2.39. The smallest absolute Gasteiger partial charge is 0.283 e. The third-order valence-corrected chi connectivity index (χ3v) is 4.98. The average Bonchev–Trinajstić information content (AvgIpc) is 3.23. The number of ether oxygens (including phenoxy) is 3. The quantitative estimate of drug-likeness (QED) is 0.416. The van der Waals surface area contributed by atoms with Crippen LogP contribution in [0, 0.1) is 5.82 Å². The first kappa shape index (κ1) is 22.7. The number of nitrogens with one attached hydrogen (secondary N) is 1. The van der Waals surface area contributed by atoms with Gasteiger partial charge in [-0.3, -0.25) is 14.2 Å². The number of amides is 1. The van der Waals surface area contributed by atoms with Crippen LogP contribution in [0.15, 0.2) is 47.5 Å². The molecule has 2 heterocycles. The standard InChI is InChI=1S/C22H21FN6O5/c1-32-16-8-15(9-17(33-2)20(16)34-3)25-18(30)11-28-12-24-21-19(22(28)31)26-27-29(21)10-13-5-4-6-14(23)7-13/h4-9,12H,10-11H2,1-3H3,(H,25,30). The Morgan fingerprint density at radius 3 is 2.47 bits per heavy atom. The van der Waals surface area contributed by atoms with Crippen LogP contribution in [0.5, 0.6) is 17.2 Å². The fourth-order valence-corrected chi connectivity index (χ4v) is 3.42. The third-order valence-electron chi connectivity index (χ3n) is 4.98.